The topological polar surface area (TPSA) is 70.2 Å². The first kappa shape index (κ1) is 17.4. The predicted molar refractivity (Wildman–Crippen MR) is 96.8 cm³/mol. The van der Waals surface area contributed by atoms with Gasteiger partial charge in [0.15, 0.2) is 10.9 Å². The third-order valence-electron chi connectivity index (χ3n) is 2.77. The van der Waals surface area contributed by atoms with Crippen LogP contribution in [0.25, 0.3) is 0 Å². The number of carbonyl (C=O) groups is 2. The van der Waals surface area contributed by atoms with E-state index in [4.69, 9.17) is 23.8 Å². The number of ketones is 1. The standard InChI is InChI=1S/C15H14ClN3O2S2/c16-10-3-1-4-11(9-10)17-15(22)19-18-14(21)7-6-12(20)13-5-2-8-23-13/h1-5,8-9H,6-7H2,(H,18,21)(H2,17,19,22). The van der Waals surface area contributed by atoms with Crippen LogP contribution in [-0.4, -0.2) is 16.8 Å². The molecule has 0 fully saturated rings. The van der Waals surface area contributed by atoms with Crippen molar-refractivity contribution >= 4 is 57.6 Å². The summed E-state index contributed by atoms with van der Waals surface area (Å²) in [6.07, 6.45) is 0.242. The highest BCUT2D eigenvalue weighted by atomic mass is 35.5. The van der Waals surface area contributed by atoms with Gasteiger partial charge in [0.05, 0.1) is 4.88 Å². The minimum absolute atomic E-state index is 0.0465. The molecule has 0 bridgehead atoms. The molecule has 23 heavy (non-hydrogen) atoms. The lowest BCUT2D eigenvalue weighted by Crippen LogP contribution is -2.43. The highest BCUT2D eigenvalue weighted by Crippen LogP contribution is 2.14. The van der Waals surface area contributed by atoms with Gasteiger partial charge in [-0.3, -0.25) is 20.4 Å². The Bertz CT molecular complexity index is 705. The number of hydrogen-bond acceptors (Lipinski definition) is 4. The number of hydrogen-bond donors (Lipinski definition) is 3. The molecular weight excluding hydrogens is 354 g/mol. The number of halogens is 1. The minimum Gasteiger partial charge on any atom is -0.331 e. The third kappa shape index (κ3) is 5.97. The summed E-state index contributed by atoms with van der Waals surface area (Å²) in [5.74, 6) is -0.361. The summed E-state index contributed by atoms with van der Waals surface area (Å²) in [5, 5.41) is 5.51. The Hall–Kier alpha value is -1.96. The largest absolute Gasteiger partial charge is 0.331 e. The molecule has 1 amide bonds. The number of benzene rings is 1. The van der Waals surface area contributed by atoms with Crippen molar-refractivity contribution in [3.8, 4) is 0 Å². The van der Waals surface area contributed by atoms with Crippen molar-refractivity contribution in [2.45, 2.75) is 12.8 Å². The molecule has 0 aliphatic carbocycles. The lowest BCUT2D eigenvalue weighted by Gasteiger charge is -2.11. The van der Waals surface area contributed by atoms with Crippen molar-refractivity contribution in [1.29, 1.82) is 0 Å². The van der Waals surface area contributed by atoms with Gasteiger partial charge < -0.3 is 5.32 Å². The molecule has 1 aromatic carbocycles. The molecule has 2 aromatic rings. The van der Waals surface area contributed by atoms with Gasteiger partial charge in [0, 0.05) is 23.6 Å². The Morgan fingerprint density at radius 3 is 2.65 bits per heavy atom. The summed E-state index contributed by atoms with van der Waals surface area (Å²) < 4.78 is 0. The van der Waals surface area contributed by atoms with Crippen molar-refractivity contribution in [3.63, 3.8) is 0 Å². The van der Waals surface area contributed by atoms with Gasteiger partial charge >= 0.3 is 0 Å². The average Bonchev–Trinajstić information content (AvgIpc) is 3.05. The molecule has 0 radical (unpaired) electrons. The van der Waals surface area contributed by atoms with Crippen LogP contribution in [0.5, 0.6) is 0 Å². The Morgan fingerprint density at radius 1 is 1.13 bits per heavy atom. The zero-order valence-corrected chi connectivity index (χ0v) is 14.4. The fraction of sp³-hybridized carbons (Fsp3) is 0.133. The summed E-state index contributed by atoms with van der Waals surface area (Å²) in [7, 11) is 0. The number of thiophene rings is 1. The molecule has 0 aliphatic heterocycles. The van der Waals surface area contributed by atoms with E-state index < -0.39 is 0 Å². The van der Waals surface area contributed by atoms with Gasteiger partial charge in [0.25, 0.3) is 0 Å². The average molecular weight is 368 g/mol. The van der Waals surface area contributed by atoms with E-state index in [0.29, 0.717) is 15.6 Å². The second-order valence-corrected chi connectivity index (χ2v) is 6.33. The number of nitrogens with one attached hydrogen (secondary N) is 3. The Balaban J connectivity index is 1.69. The van der Waals surface area contributed by atoms with Crippen LogP contribution in [0.2, 0.25) is 5.02 Å². The molecule has 8 heteroatoms. The molecule has 3 N–H and O–H groups in total. The number of amides is 1. The first-order chi connectivity index (χ1) is 11.0. The zero-order valence-electron chi connectivity index (χ0n) is 12.0. The zero-order chi connectivity index (χ0) is 16.7. The van der Waals surface area contributed by atoms with Crippen LogP contribution >= 0.6 is 35.2 Å². The molecule has 2 rings (SSSR count). The Morgan fingerprint density at radius 2 is 1.96 bits per heavy atom. The van der Waals surface area contributed by atoms with E-state index in [-0.39, 0.29) is 29.6 Å². The normalized spacial score (nSPS) is 9.96. The molecule has 0 saturated heterocycles. The molecule has 0 atom stereocenters. The van der Waals surface area contributed by atoms with Gasteiger partial charge in [-0.15, -0.1) is 11.3 Å². The van der Waals surface area contributed by atoms with Gasteiger partial charge in [-0.05, 0) is 41.9 Å². The van der Waals surface area contributed by atoms with Gasteiger partial charge in [0.1, 0.15) is 0 Å². The van der Waals surface area contributed by atoms with Gasteiger partial charge in [-0.1, -0.05) is 23.7 Å². The fourth-order valence-electron chi connectivity index (χ4n) is 1.71. The van der Waals surface area contributed by atoms with Gasteiger partial charge in [-0.25, -0.2) is 0 Å². The fourth-order valence-corrected chi connectivity index (χ4v) is 2.76. The lowest BCUT2D eigenvalue weighted by molar-refractivity contribution is -0.121. The van der Waals surface area contributed by atoms with Gasteiger partial charge in [-0.2, -0.15) is 0 Å². The van der Waals surface area contributed by atoms with Crippen LogP contribution in [0.1, 0.15) is 22.5 Å². The Labute approximate surface area is 148 Å². The van der Waals surface area contributed by atoms with E-state index >= 15 is 0 Å². The molecule has 0 spiro atoms. The summed E-state index contributed by atoms with van der Waals surface area (Å²) in [6, 6.07) is 10.6. The van der Waals surface area contributed by atoms with E-state index in [1.54, 1.807) is 36.4 Å². The third-order valence-corrected chi connectivity index (χ3v) is 4.12. The number of anilines is 1. The monoisotopic (exact) mass is 367 g/mol. The quantitative estimate of drug-likeness (QED) is 0.429. The van der Waals surface area contributed by atoms with E-state index in [1.807, 2.05) is 5.38 Å². The van der Waals surface area contributed by atoms with Crippen molar-refractivity contribution in [1.82, 2.24) is 10.9 Å². The van der Waals surface area contributed by atoms with Crippen LogP contribution in [0.15, 0.2) is 41.8 Å². The van der Waals surface area contributed by atoms with Crippen molar-refractivity contribution in [3.05, 3.63) is 51.7 Å². The van der Waals surface area contributed by atoms with Crippen molar-refractivity contribution < 1.29 is 9.59 Å². The molecule has 1 heterocycles. The number of rotatable bonds is 5. The van der Waals surface area contributed by atoms with E-state index in [9.17, 15) is 9.59 Å². The predicted octanol–water partition coefficient (Wildman–Crippen LogP) is 3.38. The number of Topliss-reactive ketones (excluding diaryl/α,β-unsaturated/α-hetero) is 1. The van der Waals surface area contributed by atoms with E-state index in [0.717, 1.165) is 0 Å². The molecule has 1 aromatic heterocycles. The van der Waals surface area contributed by atoms with Gasteiger partial charge in [0.2, 0.25) is 5.91 Å². The maximum Gasteiger partial charge on any atom is 0.238 e. The van der Waals surface area contributed by atoms with E-state index in [1.165, 1.54) is 11.3 Å². The van der Waals surface area contributed by atoms with Crippen LogP contribution in [-0.2, 0) is 4.79 Å². The molecule has 0 unspecified atom stereocenters. The van der Waals surface area contributed by atoms with Crippen molar-refractivity contribution in [2.24, 2.45) is 0 Å². The summed E-state index contributed by atoms with van der Waals surface area (Å²) in [5.41, 5.74) is 5.73. The molecular formula is C15H14ClN3O2S2. The highest BCUT2D eigenvalue weighted by molar-refractivity contribution is 7.80. The van der Waals surface area contributed by atoms with Crippen LogP contribution in [0.4, 0.5) is 5.69 Å². The second kappa shape index (κ2) is 8.61. The highest BCUT2D eigenvalue weighted by Gasteiger charge is 2.10. The Kier molecular flexibility index (Phi) is 6.52. The second-order valence-electron chi connectivity index (χ2n) is 4.54. The lowest BCUT2D eigenvalue weighted by atomic mass is 10.2. The summed E-state index contributed by atoms with van der Waals surface area (Å²) in [6.45, 7) is 0. The van der Waals surface area contributed by atoms with Crippen LogP contribution < -0.4 is 16.2 Å². The maximum absolute atomic E-state index is 11.8. The molecule has 120 valence electrons. The SMILES string of the molecule is O=C(CCC(=O)c1cccs1)NNC(=S)Nc1cccc(Cl)c1. The van der Waals surface area contributed by atoms with Crippen molar-refractivity contribution in [2.75, 3.05) is 5.32 Å². The molecule has 0 saturated carbocycles. The maximum atomic E-state index is 11.8. The number of carbonyl (C=O) groups excluding carboxylic acids is 2. The molecule has 5 nitrogen and oxygen atoms in total. The first-order valence-corrected chi connectivity index (χ1v) is 8.39. The summed E-state index contributed by atoms with van der Waals surface area (Å²) in [4.78, 5) is 24.1. The summed E-state index contributed by atoms with van der Waals surface area (Å²) >= 11 is 12.3. The smallest absolute Gasteiger partial charge is 0.238 e. The first-order valence-electron chi connectivity index (χ1n) is 6.72. The number of thiocarbonyl (C=S) groups is 1. The molecule has 0 aliphatic rings. The van der Waals surface area contributed by atoms with E-state index in [2.05, 4.69) is 16.2 Å². The van der Waals surface area contributed by atoms with Crippen LogP contribution in [0, 0.1) is 0 Å². The number of hydrazine groups is 1. The van der Waals surface area contributed by atoms with Crippen LogP contribution in [0.3, 0.4) is 0 Å². The minimum atomic E-state index is -0.315.